The van der Waals surface area contributed by atoms with E-state index in [4.69, 9.17) is 0 Å². The Labute approximate surface area is 146 Å². The van der Waals surface area contributed by atoms with Gasteiger partial charge in [-0.2, -0.15) is 0 Å². The van der Waals surface area contributed by atoms with Crippen molar-refractivity contribution in [3.63, 3.8) is 0 Å². The molecule has 0 bridgehead atoms. The Hall–Kier alpha value is -0.920. The molecule has 1 aliphatic rings. The molecular weight excluding hydrogens is 443 g/mol. The third-order valence-electron chi connectivity index (χ3n) is 3.51. The van der Waals surface area contributed by atoms with Crippen molar-refractivity contribution >= 4 is 50.1 Å². The fraction of sp³-hybridized carbons (Fsp3) is 0.188. The highest BCUT2D eigenvalue weighted by molar-refractivity contribution is 14.1. The lowest BCUT2D eigenvalue weighted by molar-refractivity contribution is 0.0987. The maximum absolute atomic E-state index is 13.0. The minimum Gasteiger partial charge on any atom is -0.311 e. The standard InChI is InChI=1S/C16H14BrIN2O/c17-14-6-5-12(18)9-13(14)16(21)20-8-7-19-10-11-3-1-2-4-15(11)20/h1-6,9,19H,7-8,10H2. The van der Waals surface area contributed by atoms with Crippen LogP contribution in [-0.2, 0) is 6.54 Å². The topological polar surface area (TPSA) is 32.3 Å². The lowest BCUT2D eigenvalue weighted by Gasteiger charge is -2.23. The number of benzene rings is 2. The quantitative estimate of drug-likeness (QED) is 0.662. The van der Waals surface area contributed by atoms with Crippen molar-refractivity contribution in [2.75, 3.05) is 18.0 Å². The Morgan fingerprint density at radius 3 is 2.90 bits per heavy atom. The Morgan fingerprint density at radius 1 is 1.24 bits per heavy atom. The third-order valence-corrected chi connectivity index (χ3v) is 4.88. The summed E-state index contributed by atoms with van der Waals surface area (Å²) in [5, 5.41) is 3.36. The van der Waals surface area contributed by atoms with Crippen molar-refractivity contribution in [3.05, 3.63) is 61.6 Å². The minimum atomic E-state index is 0.0385. The number of carbonyl (C=O) groups excluding carboxylic acids is 1. The van der Waals surface area contributed by atoms with E-state index in [2.05, 4.69) is 49.9 Å². The minimum absolute atomic E-state index is 0.0385. The van der Waals surface area contributed by atoms with Gasteiger partial charge >= 0.3 is 0 Å². The molecule has 3 nitrogen and oxygen atoms in total. The average Bonchev–Trinajstić information content (AvgIpc) is 2.71. The van der Waals surface area contributed by atoms with Gasteiger partial charge in [-0.05, 0) is 68.3 Å². The van der Waals surface area contributed by atoms with Gasteiger partial charge in [0.2, 0.25) is 0 Å². The summed E-state index contributed by atoms with van der Waals surface area (Å²) in [6.45, 7) is 2.27. The number of para-hydroxylation sites is 1. The highest BCUT2D eigenvalue weighted by Crippen LogP contribution is 2.27. The number of nitrogens with one attached hydrogen (secondary N) is 1. The highest BCUT2D eigenvalue weighted by atomic mass is 127. The molecule has 1 amide bonds. The average molecular weight is 457 g/mol. The SMILES string of the molecule is O=C(c1cc(I)ccc1Br)N1CCNCc2ccccc21. The molecule has 0 atom stereocenters. The first-order valence-corrected chi connectivity index (χ1v) is 8.59. The number of carbonyl (C=O) groups is 1. The summed E-state index contributed by atoms with van der Waals surface area (Å²) in [6, 6.07) is 13.9. The second-order valence-electron chi connectivity index (χ2n) is 4.89. The van der Waals surface area contributed by atoms with Gasteiger partial charge < -0.3 is 10.2 Å². The monoisotopic (exact) mass is 456 g/mol. The third kappa shape index (κ3) is 3.14. The highest BCUT2D eigenvalue weighted by Gasteiger charge is 2.23. The number of nitrogens with zero attached hydrogens (tertiary/aromatic N) is 1. The summed E-state index contributed by atoms with van der Waals surface area (Å²) >= 11 is 5.72. The molecule has 2 aromatic rings. The molecule has 0 spiro atoms. The van der Waals surface area contributed by atoms with Gasteiger partial charge in [0.05, 0.1) is 5.56 Å². The normalized spacial score (nSPS) is 14.5. The molecule has 5 heteroatoms. The zero-order chi connectivity index (χ0) is 14.8. The number of anilines is 1. The molecule has 0 saturated heterocycles. The summed E-state index contributed by atoms with van der Waals surface area (Å²) in [6.07, 6.45) is 0. The van der Waals surface area contributed by atoms with Gasteiger partial charge in [-0.25, -0.2) is 0 Å². The molecule has 0 aliphatic carbocycles. The molecule has 0 radical (unpaired) electrons. The van der Waals surface area contributed by atoms with E-state index in [9.17, 15) is 4.79 Å². The molecule has 1 heterocycles. The maximum atomic E-state index is 13.0. The Balaban J connectivity index is 2.03. The van der Waals surface area contributed by atoms with Gasteiger partial charge in [-0.3, -0.25) is 4.79 Å². The van der Waals surface area contributed by atoms with Crippen molar-refractivity contribution in [1.29, 1.82) is 0 Å². The number of fused-ring (bicyclic) bond motifs is 1. The molecule has 1 N–H and O–H groups in total. The Morgan fingerprint density at radius 2 is 2.05 bits per heavy atom. The van der Waals surface area contributed by atoms with Gasteiger partial charge in [0.15, 0.2) is 0 Å². The second-order valence-corrected chi connectivity index (χ2v) is 6.99. The number of hydrogen-bond donors (Lipinski definition) is 1. The van der Waals surface area contributed by atoms with Crippen LogP contribution >= 0.6 is 38.5 Å². The van der Waals surface area contributed by atoms with Crippen LogP contribution in [0.4, 0.5) is 5.69 Å². The lowest BCUT2D eigenvalue weighted by atomic mass is 10.1. The number of hydrogen-bond acceptors (Lipinski definition) is 2. The summed E-state index contributed by atoms with van der Waals surface area (Å²) < 4.78 is 1.89. The van der Waals surface area contributed by atoms with Crippen molar-refractivity contribution < 1.29 is 4.79 Å². The van der Waals surface area contributed by atoms with E-state index in [1.54, 1.807) is 0 Å². The van der Waals surface area contributed by atoms with E-state index >= 15 is 0 Å². The lowest BCUT2D eigenvalue weighted by Crippen LogP contribution is -2.35. The van der Waals surface area contributed by atoms with Gasteiger partial charge in [0.25, 0.3) is 5.91 Å². The molecule has 1 aliphatic heterocycles. The summed E-state index contributed by atoms with van der Waals surface area (Å²) in [7, 11) is 0. The molecule has 21 heavy (non-hydrogen) atoms. The first-order chi connectivity index (χ1) is 10.2. The molecule has 2 aromatic carbocycles. The molecule has 0 fully saturated rings. The van der Waals surface area contributed by atoms with Gasteiger partial charge in [0, 0.05) is 33.4 Å². The van der Waals surface area contributed by atoms with Gasteiger partial charge in [-0.1, -0.05) is 18.2 Å². The molecule has 0 unspecified atom stereocenters. The summed E-state index contributed by atoms with van der Waals surface area (Å²) in [5.41, 5.74) is 2.86. The van der Waals surface area contributed by atoms with E-state index in [0.717, 1.165) is 32.4 Å². The van der Waals surface area contributed by atoms with Crippen LogP contribution in [0.25, 0.3) is 0 Å². The first-order valence-electron chi connectivity index (χ1n) is 6.72. The zero-order valence-corrected chi connectivity index (χ0v) is 15.0. The number of amides is 1. The van der Waals surface area contributed by atoms with Crippen LogP contribution in [0.2, 0.25) is 0 Å². The molecule has 0 saturated carbocycles. The summed E-state index contributed by atoms with van der Waals surface area (Å²) in [5.74, 6) is 0.0385. The molecule has 0 aromatic heterocycles. The predicted octanol–water partition coefficient (Wildman–Crippen LogP) is 3.80. The van der Waals surface area contributed by atoms with Crippen LogP contribution in [0, 0.1) is 3.57 Å². The number of halogens is 2. The number of rotatable bonds is 1. The fourth-order valence-electron chi connectivity index (χ4n) is 2.48. The Bertz CT molecular complexity index is 690. The van der Waals surface area contributed by atoms with E-state index in [-0.39, 0.29) is 5.91 Å². The molecular formula is C16H14BrIN2O. The zero-order valence-electron chi connectivity index (χ0n) is 11.3. The maximum Gasteiger partial charge on any atom is 0.259 e. The van der Waals surface area contributed by atoms with Crippen molar-refractivity contribution in [2.45, 2.75) is 6.54 Å². The molecule has 3 rings (SSSR count). The second kappa shape index (κ2) is 6.46. The van der Waals surface area contributed by atoms with E-state index in [0.29, 0.717) is 12.1 Å². The van der Waals surface area contributed by atoms with E-state index in [1.165, 1.54) is 0 Å². The summed E-state index contributed by atoms with van der Waals surface area (Å²) in [4.78, 5) is 14.8. The van der Waals surface area contributed by atoms with Crippen LogP contribution in [0.1, 0.15) is 15.9 Å². The van der Waals surface area contributed by atoms with E-state index in [1.807, 2.05) is 41.3 Å². The first kappa shape index (κ1) is 15.0. The van der Waals surface area contributed by atoms with Gasteiger partial charge in [-0.15, -0.1) is 0 Å². The van der Waals surface area contributed by atoms with Crippen LogP contribution in [0.5, 0.6) is 0 Å². The smallest absolute Gasteiger partial charge is 0.259 e. The largest absolute Gasteiger partial charge is 0.311 e. The van der Waals surface area contributed by atoms with Crippen LogP contribution in [0.15, 0.2) is 46.9 Å². The van der Waals surface area contributed by atoms with Crippen LogP contribution in [-0.4, -0.2) is 19.0 Å². The van der Waals surface area contributed by atoms with E-state index < -0.39 is 0 Å². The van der Waals surface area contributed by atoms with Crippen LogP contribution < -0.4 is 10.2 Å². The Kier molecular flexibility index (Phi) is 4.61. The van der Waals surface area contributed by atoms with Crippen molar-refractivity contribution in [3.8, 4) is 0 Å². The fourth-order valence-corrected chi connectivity index (χ4v) is 3.38. The van der Waals surface area contributed by atoms with Crippen LogP contribution in [0.3, 0.4) is 0 Å². The predicted molar refractivity (Wildman–Crippen MR) is 96.7 cm³/mol. The van der Waals surface area contributed by atoms with Crippen molar-refractivity contribution in [2.24, 2.45) is 0 Å². The molecule has 108 valence electrons. The van der Waals surface area contributed by atoms with Crippen molar-refractivity contribution in [1.82, 2.24) is 5.32 Å². The van der Waals surface area contributed by atoms with Gasteiger partial charge in [0.1, 0.15) is 0 Å².